The Morgan fingerprint density at radius 3 is 3.00 bits per heavy atom. The van der Waals surface area contributed by atoms with Crippen LogP contribution in [0, 0.1) is 0 Å². The number of rotatable bonds is 6. The SMILES string of the molecule is C=COCCCNC(=O)c1ccc(N)c(Br)c1. The molecule has 0 saturated carbocycles. The van der Waals surface area contributed by atoms with Gasteiger partial charge in [-0.25, -0.2) is 0 Å². The number of carbonyl (C=O) groups is 1. The molecule has 1 amide bonds. The van der Waals surface area contributed by atoms with Crippen LogP contribution in [-0.2, 0) is 4.74 Å². The number of nitrogens with two attached hydrogens (primary N) is 1. The molecule has 0 aromatic heterocycles. The third kappa shape index (κ3) is 4.48. The Morgan fingerprint density at radius 2 is 2.35 bits per heavy atom. The highest BCUT2D eigenvalue weighted by Gasteiger charge is 2.06. The summed E-state index contributed by atoms with van der Waals surface area (Å²) >= 11 is 3.28. The van der Waals surface area contributed by atoms with Gasteiger partial charge >= 0.3 is 0 Å². The Bertz CT molecular complexity index is 407. The van der Waals surface area contributed by atoms with Crippen molar-refractivity contribution in [2.24, 2.45) is 0 Å². The molecule has 1 aromatic rings. The fourth-order valence-corrected chi connectivity index (χ4v) is 1.59. The fourth-order valence-electron chi connectivity index (χ4n) is 1.21. The van der Waals surface area contributed by atoms with Gasteiger partial charge in [0.1, 0.15) is 0 Å². The number of nitrogen functional groups attached to an aromatic ring is 1. The maximum Gasteiger partial charge on any atom is 0.251 e. The zero-order valence-electron chi connectivity index (χ0n) is 9.41. The summed E-state index contributed by atoms with van der Waals surface area (Å²) in [5.74, 6) is -0.121. The van der Waals surface area contributed by atoms with Gasteiger partial charge in [-0.3, -0.25) is 4.79 Å². The van der Waals surface area contributed by atoms with E-state index in [1.165, 1.54) is 6.26 Å². The average molecular weight is 299 g/mol. The summed E-state index contributed by atoms with van der Waals surface area (Å²) in [6, 6.07) is 5.08. The highest BCUT2D eigenvalue weighted by Crippen LogP contribution is 2.20. The van der Waals surface area contributed by atoms with Gasteiger partial charge in [-0.05, 0) is 40.5 Å². The summed E-state index contributed by atoms with van der Waals surface area (Å²) in [7, 11) is 0. The predicted octanol–water partition coefficient (Wildman–Crippen LogP) is 2.31. The minimum atomic E-state index is -0.121. The Hall–Kier alpha value is -1.49. The topological polar surface area (TPSA) is 64.3 Å². The van der Waals surface area contributed by atoms with Gasteiger partial charge in [0, 0.05) is 22.3 Å². The minimum absolute atomic E-state index is 0.121. The van der Waals surface area contributed by atoms with E-state index in [1.807, 2.05) is 0 Å². The van der Waals surface area contributed by atoms with Crippen molar-refractivity contribution in [1.29, 1.82) is 0 Å². The zero-order chi connectivity index (χ0) is 12.7. The molecule has 0 aliphatic rings. The molecule has 0 atom stereocenters. The monoisotopic (exact) mass is 298 g/mol. The molecular formula is C12H15BrN2O2. The molecule has 5 heteroatoms. The Balaban J connectivity index is 2.41. The van der Waals surface area contributed by atoms with Crippen LogP contribution in [0.25, 0.3) is 0 Å². The largest absolute Gasteiger partial charge is 0.502 e. The molecule has 0 spiro atoms. The number of anilines is 1. The van der Waals surface area contributed by atoms with E-state index in [0.717, 1.165) is 10.9 Å². The van der Waals surface area contributed by atoms with Gasteiger partial charge in [0.25, 0.3) is 5.91 Å². The van der Waals surface area contributed by atoms with Crippen molar-refractivity contribution in [2.45, 2.75) is 6.42 Å². The summed E-state index contributed by atoms with van der Waals surface area (Å²) in [5, 5.41) is 2.79. The number of hydrogen-bond donors (Lipinski definition) is 2. The van der Waals surface area contributed by atoms with Crippen molar-refractivity contribution < 1.29 is 9.53 Å². The Morgan fingerprint density at radius 1 is 1.59 bits per heavy atom. The van der Waals surface area contributed by atoms with Gasteiger partial charge < -0.3 is 15.8 Å². The second-order valence-corrected chi connectivity index (χ2v) is 4.24. The number of carbonyl (C=O) groups excluding carboxylic acids is 1. The first-order chi connectivity index (χ1) is 8.15. The lowest BCUT2D eigenvalue weighted by molar-refractivity contribution is 0.0950. The van der Waals surface area contributed by atoms with E-state index in [4.69, 9.17) is 10.5 Å². The van der Waals surface area contributed by atoms with E-state index in [2.05, 4.69) is 27.8 Å². The van der Waals surface area contributed by atoms with E-state index in [-0.39, 0.29) is 5.91 Å². The molecule has 0 aliphatic carbocycles. The van der Waals surface area contributed by atoms with Crippen LogP contribution in [0.3, 0.4) is 0 Å². The van der Waals surface area contributed by atoms with Crippen LogP contribution in [-0.4, -0.2) is 19.1 Å². The van der Waals surface area contributed by atoms with Crippen LogP contribution < -0.4 is 11.1 Å². The Labute approximate surface area is 109 Å². The molecule has 1 aromatic carbocycles. The molecule has 17 heavy (non-hydrogen) atoms. The van der Waals surface area contributed by atoms with Gasteiger partial charge in [-0.1, -0.05) is 6.58 Å². The maximum absolute atomic E-state index is 11.7. The van der Waals surface area contributed by atoms with Crippen LogP contribution >= 0.6 is 15.9 Å². The number of ether oxygens (including phenoxy) is 1. The summed E-state index contributed by atoms with van der Waals surface area (Å²) in [4.78, 5) is 11.7. The molecule has 92 valence electrons. The highest BCUT2D eigenvalue weighted by atomic mass is 79.9. The number of benzene rings is 1. The highest BCUT2D eigenvalue weighted by molar-refractivity contribution is 9.10. The number of amides is 1. The summed E-state index contributed by atoms with van der Waals surface area (Å²) < 4.78 is 5.67. The summed E-state index contributed by atoms with van der Waals surface area (Å²) in [5.41, 5.74) is 6.83. The number of hydrogen-bond acceptors (Lipinski definition) is 3. The second kappa shape index (κ2) is 6.96. The molecule has 0 unspecified atom stereocenters. The molecule has 0 saturated heterocycles. The van der Waals surface area contributed by atoms with E-state index >= 15 is 0 Å². The zero-order valence-corrected chi connectivity index (χ0v) is 11.0. The van der Waals surface area contributed by atoms with Crippen LogP contribution in [0.15, 0.2) is 35.5 Å². The predicted molar refractivity (Wildman–Crippen MR) is 71.7 cm³/mol. The third-order valence-corrected chi connectivity index (χ3v) is 2.79. The van der Waals surface area contributed by atoms with Crippen LogP contribution in [0.4, 0.5) is 5.69 Å². The van der Waals surface area contributed by atoms with E-state index in [1.54, 1.807) is 18.2 Å². The van der Waals surface area contributed by atoms with E-state index in [9.17, 15) is 4.79 Å². The first kappa shape index (κ1) is 13.6. The van der Waals surface area contributed by atoms with Crippen molar-refractivity contribution in [3.63, 3.8) is 0 Å². The van der Waals surface area contributed by atoms with Crippen molar-refractivity contribution in [3.8, 4) is 0 Å². The van der Waals surface area contributed by atoms with Crippen LogP contribution in [0.5, 0.6) is 0 Å². The third-order valence-electron chi connectivity index (χ3n) is 2.11. The summed E-state index contributed by atoms with van der Waals surface area (Å²) in [6.07, 6.45) is 2.13. The molecule has 0 fully saturated rings. The lowest BCUT2D eigenvalue weighted by atomic mass is 10.2. The molecular weight excluding hydrogens is 284 g/mol. The maximum atomic E-state index is 11.7. The first-order valence-electron chi connectivity index (χ1n) is 5.21. The van der Waals surface area contributed by atoms with Gasteiger partial charge in [0.05, 0.1) is 12.9 Å². The minimum Gasteiger partial charge on any atom is -0.502 e. The first-order valence-corrected chi connectivity index (χ1v) is 6.00. The smallest absolute Gasteiger partial charge is 0.251 e. The molecule has 1 rings (SSSR count). The second-order valence-electron chi connectivity index (χ2n) is 3.38. The van der Waals surface area contributed by atoms with Gasteiger partial charge in [0.15, 0.2) is 0 Å². The van der Waals surface area contributed by atoms with Crippen LogP contribution in [0.1, 0.15) is 16.8 Å². The van der Waals surface area contributed by atoms with E-state index < -0.39 is 0 Å². The normalized spacial score (nSPS) is 9.71. The lowest BCUT2D eigenvalue weighted by Crippen LogP contribution is -2.25. The van der Waals surface area contributed by atoms with Crippen molar-refractivity contribution in [1.82, 2.24) is 5.32 Å². The van der Waals surface area contributed by atoms with Crippen LogP contribution in [0.2, 0.25) is 0 Å². The van der Waals surface area contributed by atoms with Gasteiger partial charge in [-0.15, -0.1) is 0 Å². The van der Waals surface area contributed by atoms with Crippen molar-refractivity contribution in [3.05, 3.63) is 41.1 Å². The fraction of sp³-hybridized carbons (Fsp3) is 0.250. The average Bonchev–Trinajstić information content (AvgIpc) is 2.32. The van der Waals surface area contributed by atoms with E-state index in [0.29, 0.717) is 24.4 Å². The molecule has 0 heterocycles. The summed E-state index contributed by atoms with van der Waals surface area (Å²) in [6.45, 7) is 4.55. The number of nitrogens with one attached hydrogen (secondary N) is 1. The number of halogens is 1. The van der Waals surface area contributed by atoms with Crippen molar-refractivity contribution >= 4 is 27.5 Å². The molecule has 0 radical (unpaired) electrons. The van der Waals surface area contributed by atoms with Crippen molar-refractivity contribution in [2.75, 3.05) is 18.9 Å². The molecule has 3 N–H and O–H groups in total. The van der Waals surface area contributed by atoms with Gasteiger partial charge in [-0.2, -0.15) is 0 Å². The molecule has 4 nitrogen and oxygen atoms in total. The lowest BCUT2D eigenvalue weighted by Gasteiger charge is -2.06. The molecule has 0 bridgehead atoms. The van der Waals surface area contributed by atoms with Gasteiger partial charge in [0.2, 0.25) is 0 Å². The quantitative estimate of drug-likeness (QED) is 0.481. The molecule has 0 aliphatic heterocycles. The standard InChI is InChI=1S/C12H15BrN2O2/c1-2-17-7-3-6-15-12(16)9-4-5-11(14)10(13)8-9/h2,4-5,8H,1,3,6-7,14H2,(H,15,16). The Kier molecular flexibility index (Phi) is 5.56.